The zero-order valence-corrected chi connectivity index (χ0v) is 16.1. The predicted molar refractivity (Wildman–Crippen MR) is 105 cm³/mol. The highest BCUT2D eigenvalue weighted by Crippen LogP contribution is 2.42. The largest absolute Gasteiger partial charge is 0.354 e. The molecule has 0 aromatic carbocycles. The zero-order chi connectivity index (χ0) is 20.0. The molecule has 4 heterocycles. The molecule has 2 aromatic heterocycles. The van der Waals surface area contributed by atoms with E-state index in [4.69, 9.17) is 0 Å². The van der Waals surface area contributed by atoms with Crippen LogP contribution >= 0.6 is 0 Å². The number of hydrogen-bond acceptors (Lipinski definition) is 5. The molecule has 2 bridgehead atoms. The number of anilines is 1. The molecule has 2 aliphatic heterocycles. The van der Waals surface area contributed by atoms with Crippen LogP contribution in [0.2, 0.25) is 0 Å². The van der Waals surface area contributed by atoms with E-state index in [0.29, 0.717) is 25.5 Å². The summed E-state index contributed by atoms with van der Waals surface area (Å²) in [6.07, 6.45) is 6.45. The molecule has 5 rings (SSSR count). The summed E-state index contributed by atoms with van der Waals surface area (Å²) in [7, 11) is 0. The van der Waals surface area contributed by atoms with Gasteiger partial charge in [0.15, 0.2) is 11.6 Å². The number of carbonyl (C=O) groups excluding carboxylic acids is 1. The Morgan fingerprint density at radius 3 is 2.90 bits per heavy atom. The molecule has 1 amide bonds. The number of aromatic nitrogens is 3. The van der Waals surface area contributed by atoms with E-state index in [-0.39, 0.29) is 35.3 Å². The number of piperidine rings is 1. The van der Waals surface area contributed by atoms with Gasteiger partial charge < -0.3 is 14.8 Å². The number of fused-ring (bicyclic) bond motifs is 4. The third kappa shape index (κ3) is 3.20. The Bertz CT molecular complexity index is 989. The molecule has 3 atom stereocenters. The molecular formula is C21H24FN5O2. The van der Waals surface area contributed by atoms with E-state index < -0.39 is 5.82 Å². The van der Waals surface area contributed by atoms with E-state index in [2.05, 4.69) is 15.3 Å². The van der Waals surface area contributed by atoms with Gasteiger partial charge in [-0.1, -0.05) is 12.5 Å². The molecule has 7 nitrogen and oxygen atoms in total. The Kier molecular flexibility index (Phi) is 4.56. The Hall–Kier alpha value is -2.77. The number of pyridine rings is 1. The van der Waals surface area contributed by atoms with Crippen LogP contribution in [0.25, 0.3) is 0 Å². The molecule has 3 aliphatic rings. The summed E-state index contributed by atoms with van der Waals surface area (Å²) in [6.45, 7) is 1.62. The highest BCUT2D eigenvalue weighted by atomic mass is 19.1. The highest BCUT2D eigenvalue weighted by molar-refractivity contribution is 5.79. The molecule has 152 valence electrons. The minimum Gasteiger partial charge on any atom is -0.354 e. The number of carbonyl (C=O) groups is 1. The predicted octanol–water partition coefficient (Wildman–Crippen LogP) is 1.86. The molecule has 1 saturated carbocycles. The molecular weight excluding hydrogens is 373 g/mol. The fraction of sp³-hybridized carbons (Fsp3) is 0.524. The number of halogens is 1. The zero-order valence-electron chi connectivity index (χ0n) is 16.1. The molecule has 0 unspecified atom stereocenters. The van der Waals surface area contributed by atoms with Crippen molar-refractivity contribution in [3.63, 3.8) is 0 Å². The quantitative estimate of drug-likeness (QED) is 0.852. The number of nitrogens with zero attached hydrogens (tertiary/aromatic N) is 4. The lowest BCUT2D eigenvalue weighted by molar-refractivity contribution is -0.127. The smallest absolute Gasteiger partial charge is 0.251 e. The Labute approximate surface area is 168 Å². The SMILES string of the molecule is O=C(NC[C@H]1[C@H]2C[C@H](CN(c3ncncc3F)C2)c2cccc(=O)n21)C1CCC1. The maximum Gasteiger partial charge on any atom is 0.251 e. The van der Waals surface area contributed by atoms with Crippen molar-refractivity contribution in [2.75, 3.05) is 24.5 Å². The number of nitrogens with one attached hydrogen (secondary N) is 1. The molecule has 1 aliphatic carbocycles. The second kappa shape index (κ2) is 7.24. The summed E-state index contributed by atoms with van der Waals surface area (Å²) < 4.78 is 16.2. The van der Waals surface area contributed by atoms with Gasteiger partial charge >= 0.3 is 0 Å². The third-order valence-corrected chi connectivity index (χ3v) is 6.71. The summed E-state index contributed by atoms with van der Waals surface area (Å²) in [5.41, 5.74) is 0.914. The van der Waals surface area contributed by atoms with Gasteiger partial charge in [-0.25, -0.2) is 14.4 Å². The first kappa shape index (κ1) is 18.3. The van der Waals surface area contributed by atoms with Crippen molar-refractivity contribution < 1.29 is 9.18 Å². The second-order valence-electron chi connectivity index (χ2n) is 8.39. The molecule has 29 heavy (non-hydrogen) atoms. The van der Waals surface area contributed by atoms with Crippen molar-refractivity contribution in [2.45, 2.75) is 37.6 Å². The number of hydrogen-bond donors (Lipinski definition) is 1. The standard InChI is InChI=1S/C21H24FN5O2/c22-16-8-23-12-25-20(16)26-10-14-7-15(11-26)18(9-24-21(29)13-3-1-4-13)27-17(14)5-2-6-19(27)28/h2,5-6,8,12-15,18H,1,3-4,7,9-11H2,(H,24,29)/t14-,15+,18+/m1/s1. The van der Waals surface area contributed by atoms with Gasteiger partial charge in [-0.2, -0.15) is 0 Å². The third-order valence-electron chi connectivity index (χ3n) is 6.71. The minimum absolute atomic E-state index is 0.0400. The molecule has 8 heteroatoms. The molecule has 0 radical (unpaired) electrons. The molecule has 1 saturated heterocycles. The summed E-state index contributed by atoms with van der Waals surface area (Å²) >= 11 is 0. The lowest BCUT2D eigenvalue weighted by Gasteiger charge is -2.47. The first-order valence-corrected chi connectivity index (χ1v) is 10.3. The van der Waals surface area contributed by atoms with Crippen LogP contribution in [0, 0.1) is 17.7 Å². The first-order chi connectivity index (χ1) is 14.1. The van der Waals surface area contributed by atoms with E-state index in [0.717, 1.165) is 31.4 Å². The molecule has 1 N–H and O–H groups in total. The average Bonchev–Trinajstić information content (AvgIpc) is 2.67. The van der Waals surface area contributed by atoms with Crippen LogP contribution in [0.3, 0.4) is 0 Å². The van der Waals surface area contributed by atoms with Crippen molar-refractivity contribution in [3.05, 3.63) is 52.6 Å². The first-order valence-electron chi connectivity index (χ1n) is 10.3. The van der Waals surface area contributed by atoms with Crippen molar-refractivity contribution >= 4 is 11.7 Å². The Morgan fingerprint density at radius 1 is 1.28 bits per heavy atom. The van der Waals surface area contributed by atoms with Crippen LogP contribution in [0.4, 0.5) is 10.2 Å². The Morgan fingerprint density at radius 2 is 2.14 bits per heavy atom. The van der Waals surface area contributed by atoms with Crippen LogP contribution in [0.15, 0.2) is 35.5 Å². The van der Waals surface area contributed by atoms with Gasteiger partial charge in [0.25, 0.3) is 5.56 Å². The molecule has 0 spiro atoms. The van der Waals surface area contributed by atoms with Crippen LogP contribution < -0.4 is 15.8 Å². The minimum atomic E-state index is -0.437. The lowest BCUT2D eigenvalue weighted by atomic mass is 9.78. The van der Waals surface area contributed by atoms with Crippen molar-refractivity contribution in [1.82, 2.24) is 19.9 Å². The summed E-state index contributed by atoms with van der Waals surface area (Å²) in [4.78, 5) is 35.0. The fourth-order valence-electron chi connectivity index (χ4n) is 5.04. The topological polar surface area (TPSA) is 80.1 Å². The van der Waals surface area contributed by atoms with Crippen LogP contribution in [-0.4, -0.2) is 40.1 Å². The van der Waals surface area contributed by atoms with Crippen molar-refractivity contribution in [2.24, 2.45) is 11.8 Å². The fourth-order valence-corrected chi connectivity index (χ4v) is 5.04. The highest BCUT2D eigenvalue weighted by Gasteiger charge is 2.41. The van der Waals surface area contributed by atoms with Gasteiger partial charge in [0.05, 0.1) is 12.2 Å². The van der Waals surface area contributed by atoms with Crippen LogP contribution in [-0.2, 0) is 4.79 Å². The van der Waals surface area contributed by atoms with Gasteiger partial charge in [0.2, 0.25) is 5.91 Å². The van der Waals surface area contributed by atoms with Crippen molar-refractivity contribution in [1.29, 1.82) is 0 Å². The van der Waals surface area contributed by atoms with Gasteiger partial charge in [-0.15, -0.1) is 0 Å². The van der Waals surface area contributed by atoms with E-state index in [1.54, 1.807) is 12.1 Å². The summed E-state index contributed by atoms with van der Waals surface area (Å²) in [5, 5.41) is 3.07. The van der Waals surface area contributed by atoms with Gasteiger partial charge in [0, 0.05) is 43.2 Å². The molecule has 2 fully saturated rings. The van der Waals surface area contributed by atoms with E-state index in [1.807, 2.05) is 15.5 Å². The van der Waals surface area contributed by atoms with Crippen LogP contribution in [0.5, 0.6) is 0 Å². The van der Waals surface area contributed by atoms with Gasteiger partial charge in [-0.3, -0.25) is 9.59 Å². The van der Waals surface area contributed by atoms with E-state index >= 15 is 0 Å². The van der Waals surface area contributed by atoms with E-state index in [9.17, 15) is 14.0 Å². The van der Waals surface area contributed by atoms with E-state index in [1.165, 1.54) is 12.5 Å². The van der Waals surface area contributed by atoms with Crippen LogP contribution in [0.1, 0.15) is 43.3 Å². The lowest BCUT2D eigenvalue weighted by Crippen LogP contribution is -2.52. The van der Waals surface area contributed by atoms with Crippen molar-refractivity contribution in [3.8, 4) is 0 Å². The monoisotopic (exact) mass is 397 g/mol. The molecule has 2 aromatic rings. The second-order valence-corrected chi connectivity index (χ2v) is 8.39. The summed E-state index contributed by atoms with van der Waals surface area (Å²) in [5.74, 6) is 0.300. The number of rotatable bonds is 4. The maximum atomic E-state index is 14.3. The number of amides is 1. The normalized spacial score (nSPS) is 25.8. The summed E-state index contributed by atoms with van der Waals surface area (Å²) in [6, 6.07) is 5.19. The average molecular weight is 397 g/mol. The van der Waals surface area contributed by atoms with Gasteiger partial charge in [-0.05, 0) is 31.2 Å². The van der Waals surface area contributed by atoms with Gasteiger partial charge in [0.1, 0.15) is 6.33 Å². The Balaban J connectivity index is 1.46. The maximum absolute atomic E-state index is 14.3.